The van der Waals surface area contributed by atoms with Gasteiger partial charge in [-0.25, -0.2) is 4.79 Å². The number of rotatable bonds is 16. The molecule has 0 aliphatic heterocycles. The number of carbonyl (C=O) groups excluding carboxylic acids is 5. The van der Waals surface area contributed by atoms with E-state index in [1.165, 1.54) is 17.1 Å². The van der Waals surface area contributed by atoms with Gasteiger partial charge in [-0.05, 0) is 29.9 Å². The van der Waals surface area contributed by atoms with Crippen molar-refractivity contribution in [2.24, 2.45) is 11.7 Å². The summed E-state index contributed by atoms with van der Waals surface area (Å²) < 4.78 is 5.31. The first-order valence-corrected chi connectivity index (χ1v) is 14.2. The van der Waals surface area contributed by atoms with Crippen molar-refractivity contribution in [3.63, 3.8) is 0 Å². The largest absolute Gasteiger partial charge is 0.445 e. The molecule has 5 amide bonds. The van der Waals surface area contributed by atoms with E-state index in [0.29, 0.717) is 6.42 Å². The van der Waals surface area contributed by atoms with Gasteiger partial charge in [0.1, 0.15) is 18.7 Å². The molecule has 2 aromatic carbocycles. The molecule has 11 nitrogen and oxygen atoms in total. The predicted octanol–water partition coefficient (Wildman–Crippen LogP) is 2.45. The quantitative estimate of drug-likeness (QED) is 0.219. The second-order valence-electron chi connectivity index (χ2n) is 10.9. The molecule has 0 spiro atoms. The molecule has 0 fully saturated rings. The van der Waals surface area contributed by atoms with Gasteiger partial charge in [0.05, 0.1) is 0 Å². The zero-order valence-electron chi connectivity index (χ0n) is 25.2. The minimum atomic E-state index is -1.03. The van der Waals surface area contributed by atoms with Crippen molar-refractivity contribution in [1.29, 1.82) is 0 Å². The van der Waals surface area contributed by atoms with Crippen LogP contribution in [0.4, 0.5) is 4.79 Å². The third-order valence-corrected chi connectivity index (χ3v) is 6.39. The number of alkyl carbamates (subject to hydrolysis) is 1. The van der Waals surface area contributed by atoms with E-state index in [1.807, 2.05) is 74.5 Å². The summed E-state index contributed by atoms with van der Waals surface area (Å²) in [6.45, 7) is 3.87. The molecule has 0 unspecified atom stereocenters. The molecule has 43 heavy (non-hydrogen) atoms. The normalized spacial score (nSPS) is 13.0. The van der Waals surface area contributed by atoms with E-state index in [1.54, 1.807) is 14.1 Å². The molecule has 5 N–H and O–H groups in total. The van der Waals surface area contributed by atoms with Crippen molar-refractivity contribution in [3.05, 3.63) is 83.9 Å². The first-order valence-electron chi connectivity index (χ1n) is 14.2. The van der Waals surface area contributed by atoms with E-state index in [-0.39, 0.29) is 37.7 Å². The molecule has 0 heterocycles. The average Bonchev–Trinajstić information content (AvgIpc) is 2.97. The highest BCUT2D eigenvalue weighted by Gasteiger charge is 2.29. The van der Waals surface area contributed by atoms with Gasteiger partial charge in [0.2, 0.25) is 23.6 Å². The van der Waals surface area contributed by atoms with Crippen LogP contribution < -0.4 is 21.7 Å². The third-order valence-electron chi connectivity index (χ3n) is 6.39. The molecule has 2 rings (SSSR count). The summed E-state index contributed by atoms with van der Waals surface area (Å²) in [5, 5.41) is 8.25. The van der Waals surface area contributed by atoms with Crippen LogP contribution in [0.15, 0.2) is 72.8 Å². The Labute approximate surface area is 253 Å². The van der Waals surface area contributed by atoms with Crippen LogP contribution in [0.5, 0.6) is 0 Å². The Morgan fingerprint density at radius 3 is 1.98 bits per heavy atom. The smallest absolute Gasteiger partial charge is 0.408 e. The van der Waals surface area contributed by atoms with E-state index >= 15 is 0 Å². The number of benzene rings is 2. The summed E-state index contributed by atoms with van der Waals surface area (Å²) in [6.07, 6.45) is 2.66. The number of hydrogen-bond donors (Lipinski definition) is 4. The molecule has 2 aromatic rings. The van der Waals surface area contributed by atoms with Crippen molar-refractivity contribution in [3.8, 4) is 0 Å². The van der Waals surface area contributed by atoms with Crippen molar-refractivity contribution in [1.82, 2.24) is 20.9 Å². The van der Waals surface area contributed by atoms with Crippen LogP contribution in [0, 0.1) is 5.92 Å². The zero-order valence-corrected chi connectivity index (χ0v) is 25.2. The molecule has 3 atom stereocenters. The lowest BCUT2D eigenvalue weighted by atomic mass is 10.0. The highest BCUT2D eigenvalue weighted by atomic mass is 16.5. The van der Waals surface area contributed by atoms with Crippen LogP contribution in [-0.2, 0) is 36.9 Å². The predicted molar refractivity (Wildman–Crippen MR) is 163 cm³/mol. The monoisotopic (exact) mass is 593 g/mol. The molecule has 0 saturated heterocycles. The lowest BCUT2D eigenvalue weighted by molar-refractivity contribution is -0.130. The minimum Gasteiger partial charge on any atom is -0.445 e. The second-order valence-corrected chi connectivity index (χ2v) is 10.9. The maximum atomic E-state index is 13.6. The Kier molecular flexibility index (Phi) is 14.4. The molecule has 0 aliphatic rings. The van der Waals surface area contributed by atoms with Crippen LogP contribution >= 0.6 is 0 Å². The van der Waals surface area contributed by atoms with Gasteiger partial charge in [-0.2, -0.15) is 0 Å². The van der Waals surface area contributed by atoms with E-state index in [4.69, 9.17) is 10.5 Å². The van der Waals surface area contributed by atoms with Crippen molar-refractivity contribution in [2.75, 3.05) is 14.1 Å². The highest BCUT2D eigenvalue weighted by molar-refractivity contribution is 5.92. The van der Waals surface area contributed by atoms with Crippen LogP contribution in [0.2, 0.25) is 0 Å². The van der Waals surface area contributed by atoms with E-state index in [2.05, 4.69) is 16.0 Å². The Balaban J connectivity index is 2.21. The molecule has 0 radical (unpaired) electrons. The Morgan fingerprint density at radius 2 is 1.42 bits per heavy atom. The van der Waals surface area contributed by atoms with E-state index in [0.717, 1.165) is 11.1 Å². The van der Waals surface area contributed by atoms with Gasteiger partial charge in [0.15, 0.2) is 0 Å². The Morgan fingerprint density at radius 1 is 0.837 bits per heavy atom. The summed E-state index contributed by atoms with van der Waals surface area (Å²) in [5.41, 5.74) is 6.92. The van der Waals surface area contributed by atoms with Gasteiger partial charge < -0.3 is 31.3 Å². The number of nitrogens with zero attached hydrogens (tertiary/aromatic N) is 1. The van der Waals surface area contributed by atoms with Gasteiger partial charge in [-0.1, -0.05) is 80.6 Å². The number of amides is 5. The van der Waals surface area contributed by atoms with Gasteiger partial charge in [0, 0.05) is 39.1 Å². The minimum absolute atomic E-state index is 0.0212. The Bertz CT molecular complexity index is 1230. The molecular formula is C32H43N5O6. The maximum Gasteiger partial charge on any atom is 0.408 e. The van der Waals surface area contributed by atoms with Gasteiger partial charge in [0.25, 0.3) is 0 Å². The van der Waals surface area contributed by atoms with Crippen LogP contribution in [-0.4, -0.2) is 66.8 Å². The molecular weight excluding hydrogens is 550 g/mol. The van der Waals surface area contributed by atoms with Crippen molar-refractivity contribution >= 4 is 29.7 Å². The molecule has 0 bridgehead atoms. The summed E-state index contributed by atoms with van der Waals surface area (Å²) in [7, 11) is 3.18. The number of primary amides is 1. The topological polar surface area (TPSA) is 160 Å². The number of hydrogen-bond acceptors (Lipinski definition) is 6. The highest BCUT2D eigenvalue weighted by Crippen LogP contribution is 2.10. The first kappa shape index (κ1) is 34.5. The zero-order chi connectivity index (χ0) is 31.8. The number of likely N-dealkylation sites (N-methyl/N-ethyl adjacent to an activating group) is 1. The fraction of sp³-hybridized carbons (Fsp3) is 0.406. The number of nitrogens with one attached hydrogen (secondary N) is 3. The molecule has 11 heteroatoms. The molecule has 0 aliphatic carbocycles. The summed E-state index contributed by atoms with van der Waals surface area (Å²) in [5.74, 6) is -1.88. The van der Waals surface area contributed by atoms with Crippen LogP contribution in [0.1, 0.15) is 44.2 Å². The van der Waals surface area contributed by atoms with Gasteiger partial charge in [-0.15, -0.1) is 0 Å². The van der Waals surface area contributed by atoms with Crippen molar-refractivity contribution < 1.29 is 28.7 Å². The third kappa shape index (κ3) is 13.7. The maximum absolute atomic E-state index is 13.6. The van der Waals surface area contributed by atoms with E-state index in [9.17, 15) is 24.0 Å². The van der Waals surface area contributed by atoms with Gasteiger partial charge >= 0.3 is 6.09 Å². The van der Waals surface area contributed by atoms with Crippen molar-refractivity contribution in [2.45, 2.75) is 64.3 Å². The molecule has 0 aromatic heterocycles. The number of nitrogens with two attached hydrogens (primary N) is 1. The second kappa shape index (κ2) is 18.0. The van der Waals surface area contributed by atoms with Crippen LogP contribution in [0.25, 0.3) is 0 Å². The Hall–Kier alpha value is -4.67. The average molecular weight is 594 g/mol. The number of carbonyl (C=O) groups is 5. The summed E-state index contributed by atoms with van der Waals surface area (Å²) in [4.78, 5) is 64.6. The number of ether oxygens (including phenoxy) is 1. The lowest BCUT2D eigenvalue weighted by Gasteiger charge is -2.25. The molecule has 0 saturated carbocycles. The van der Waals surface area contributed by atoms with Crippen LogP contribution in [0.3, 0.4) is 0 Å². The summed E-state index contributed by atoms with van der Waals surface area (Å²) >= 11 is 0. The lowest BCUT2D eigenvalue weighted by Crippen LogP contribution is -2.55. The van der Waals surface area contributed by atoms with Gasteiger partial charge in [-0.3, -0.25) is 19.2 Å². The van der Waals surface area contributed by atoms with E-state index < -0.39 is 41.9 Å². The SMILES string of the molecule is CC(C)C[C@H](NC(=O)OCc1ccccc1)C(=O)N[C@@H](Cc1ccccc1)C(=O)N[C@H](/C=C/C(=O)N(C)C)CCC(N)=O. The fourth-order valence-corrected chi connectivity index (χ4v) is 4.09. The summed E-state index contributed by atoms with van der Waals surface area (Å²) in [6, 6.07) is 15.6. The fourth-order valence-electron chi connectivity index (χ4n) is 4.09. The molecule has 232 valence electrons. The standard InChI is InChI=1S/C32H43N5O6/c1-22(2)19-26(36-32(42)43-21-24-13-9-6-10-14-24)31(41)35-27(20-23-11-7-5-8-12-23)30(40)34-25(15-17-28(33)38)16-18-29(39)37(3)4/h5-14,16,18,22,25-27H,15,17,19-21H2,1-4H3,(H2,33,38)(H,34,40)(H,35,41)(H,36,42)/b18-16+/t25-,26-,27-/m0/s1. The first-order chi connectivity index (χ1) is 20.4.